The first-order valence-corrected chi connectivity index (χ1v) is 7.62. The fourth-order valence-electron chi connectivity index (χ4n) is 2.70. The molecule has 1 fully saturated rings. The van der Waals surface area contributed by atoms with Crippen molar-refractivity contribution in [2.75, 3.05) is 19.6 Å². The normalized spacial score (nSPS) is 19.0. The van der Waals surface area contributed by atoms with Crippen LogP contribution in [0.15, 0.2) is 0 Å². The molecule has 1 aliphatic rings. The molecule has 0 saturated carbocycles. The fraction of sp³-hybridized carbons (Fsp3) is 0.867. The summed E-state index contributed by atoms with van der Waals surface area (Å²) in [6.45, 7) is 10.3. The van der Waals surface area contributed by atoms with Gasteiger partial charge in [0.25, 0.3) is 0 Å². The van der Waals surface area contributed by atoms with E-state index in [4.69, 9.17) is 0 Å². The smallest absolute Gasteiger partial charge is 0.245 e. The van der Waals surface area contributed by atoms with Gasteiger partial charge in [0.2, 0.25) is 11.8 Å². The number of rotatable bonds is 6. The minimum Gasteiger partial charge on any atom is -0.341 e. The van der Waals surface area contributed by atoms with Crippen LogP contribution >= 0.6 is 0 Å². The second-order valence-electron chi connectivity index (χ2n) is 5.67. The number of carbonyl (C=O) groups is 2. The highest BCUT2D eigenvalue weighted by atomic mass is 16.2. The molecule has 2 amide bonds. The number of hydrogen-bond donors (Lipinski definition) is 0. The van der Waals surface area contributed by atoms with Gasteiger partial charge in [-0.3, -0.25) is 9.59 Å². The minimum absolute atomic E-state index is 0.0285. The van der Waals surface area contributed by atoms with E-state index >= 15 is 0 Å². The summed E-state index contributed by atoms with van der Waals surface area (Å²) in [5, 5.41) is 0. The molecule has 0 aliphatic carbocycles. The first kappa shape index (κ1) is 16.0. The van der Waals surface area contributed by atoms with E-state index in [1.807, 2.05) is 18.7 Å². The van der Waals surface area contributed by atoms with Crippen LogP contribution in [-0.2, 0) is 9.59 Å². The van der Waals surface area contributed by atoms with Crippen molar-refractivity contribution in [3.8, 4) is 0 Å². The summed E-state index contributed by atoms with van der Waals surface area (Å²) in [6.07, 6.45) is 3.70. The van der Waals surface area contributed by atoms with Crippen molar-refractivity contribution in [1.82, 2.24) is 9.80 Å². The summed E-state index contributed by atoms with van der Waals surface area (Å²) in [4.78, 5) is 28.5. The minimum atomic E-state index is -0.215. The Bertz CT molecular complexity index is 309. The molecule has 1 unspecified atom stereocenters. The third-order valence-electron chi connectivity index (χ3n) is 3.61. The van der Waals surface area contributed by atoms with Crippen molar-refractivity contribution in [1.29, 1.82) is 0 Å². The van der Waals surface area contributed by atoms with Gasteiger partial charge in [0, 0.05) is 25.6 Å². The Morgan fingerprint density at radius 3 is 2.26 bits per heavy atom. The zero-order chi connectivity index (χ0) is 14.4. The second kappa shape index (κ2) is 7.51. The quantitative estimate of drug-likeness (QED) is 0.741. The number of hydrogen-bond acceptors (Lipinski definition) is 2. The Hall–Kier alpha value is -1.06. The monoisotopic (exact) mass is 268 g/mol. The van der Waals surface area contributed by atoms with Gasteiger partial charge in [0.15, 0.2) is 0 Å². The molecule has 1 rings (SSSR count). The Kier molecular flexibility index (Phi) is 6.32. The van der Waals surface area contributed by atoms with Gasteiger partial charge < -0.3 is 9.80 Å². The molecule has 0 aromatic heterocycles. The van der Waals surface area contributed by atoms with Crippen LogP contribution in [0.25, 0.3) is 0 Å². The zero-order valence-corrected chi connectivity index (χ0v) is 12.8. The van der Waals surface area contributed by atoms with Crippen molar-refractivity contribution in [3.63, 3.8) is 0 Å². The van der Waals surface area contributed by atoms with Gasteiger partial charge in [-0.15, -0.1) is 0 Å². The van der Waals surface area contributed by atoms with Gasteiger partial charge in [0.1, 0.15) is 6.04 Å². The molecule has 19 heavy (non-hydrogen) atoms. The Morgan fingerprint density at radius 1 is 1.21 bits per heavy atom. The van der Waals surface area contributed by atoms with E-state index in [1.54, 1.807) is 4.90 Å². The predicted octanol–water partition coefficient (Wildman–Crippen LogP) is 2.28. The van der Waals surface area contributed by atoms with E-state index in [9.17, 15) is 9.59 Å². The number of amides is 2. The lowest BCUT2D eigenvalue weighted by Crippen LogP contribution is -2.49. The lowest BCUT2D eigenvalue weighted by molar-refractivity contribution is -0.145. The van der Waals surface area contributed by atoms with Crippen LogP contribution in [-0.4, -0.2) is 47.3 Å². The molecule has 0 N–H and O–H groups in total. The van der Waals surface area contributed by atoms with E-state index < -0.39 is 0 Å². The lowest BCUT2D eigenvalue weighted by atomic mass is 10.1. The van der Waals surface area contributed by atoms with Crippen LogP contribution in [0.4, 0.5) is 0 Å². The van der Waals surface area contributed by atoms with Crippen LogP contribution in [0.1, 0.15) is 53.4 Å². The van der Waals surface area contributed by atoms with E-state index in [0.717, 1.165) is 45.3 Å². The third kappa shape index (κ3) is 3.95. The van der Waals surface area contributed by atoms with E-state index in [1.165, 1.54) is 0 Å². The molecule has 0 aromatic rings. The van der Waals surface area contributed by atoms with Crippen molar-refractivity contribution >= 4 is 11.8 Å². The second-order valence-corrected chi connectivity index (χ2v) is 5.67. The predicted molar refractivity (Wildman–Crippen MR) is 76.7 cm³/mol. The standard InChI is InChI=1S/C15H28N2O2/c1-5-9-16(10-6-2)15(19)13-8-7-11-17(13)14(18)12(3)4/h12-13H,5-11H2,1-4H3. The lowest BCUT2D eigenvalue weighted by Gasteiger charge is -2.31. The summed E-state index contributed by atoms with van der Waals surface area (Å²) in [5.74, 6) is 0.234. The SMILES string of the molecule is CCCN(CCC)C(=O)C1CCCN1C(=O)C(C)C. The first-order chi connectivity index (χ1) is 9.02. The van der Waals surface area contributed by atoms with Crippen molar-refractivity contribution < 1.29 is 9.59 Å². The van der Waals surface area contributed by atoms with Crippen molar-refractivity contribution in [2.24, 2.45) is 5.92 Å². The number of nitrogens with zero attached hydrogens (tertiary/aromatic N) is 2. The average molecular weight is 268 g/mol. The average Bonchev–Trinajstić information content (AvgIpc) is 2.85. The maximum Gasteiger partial charge on any atom is 0.245 e. The van der Waals surface area contributed by atoms with Gasteiger partial charge in [-0.2, -0.15) is 0 Å². The molecule has 1 heterocycles. The molecule has 110 valence electrons. The van der Waals surface area contributed by atoms with Gasteiger partial charge in [-0.25, -0.2) is 0 Å². The van der Waals surface area contributed by atoms with Crippen LogP contribution in [0.2, 0.25) is 0 Å². The first-order valence-electron chi connectivity index (χ1n) is 7.62. The summed E-state index contributed by atoms with van der Waals surface area (Å²) in [5.41, 5.74) is 0. The molecule has 0 radical (unpaired) electrons. The van der Waals surface area contributed by atoms with Gasteiger partial charge in [-0.1, -0.05) is 27.7 Å². The van der Waals surface area contributed by atoms with Crippen molar-refractivity contribution in [3.05, 3.63) is 0 Å². The molecule has 4 nitrogen and oxygen atoms in total. The summed E-state index contributed by atoms with van der Waals surface area (Å²) in [7, 11) is 0. The highest BCUT2D eigenvalue weighted by molar-refractivity contribution is 5.88. The summed E-state index contributed by atoms with van der Waals surface area (Å²) >= 11 is 0. The molecule has 0 aromatic carbocycles. The van der Waals surface area contributed by atoms with E-state index in [2.05, 4.69) is 13.8 Å². The highest BCUT2D eigenvalue weighted by Gasteiger charge is 2.36. The summed E-state index contributed by atoms with van der Waals surface area (Å²) in [6, 6.07) is -0.215. The van der Waals surface area contributed by atoms with Gasteiger partial charge >= 0.3 is 0 Å². The largest absolute Gasteiger partial charge is 0.341 e. The maximum atomic E-state index is 12.6. The summed E-state index contributed by atoms with van der Waals surface area (Å²) < 4.78 is 0. The molecule has 0 bridgehead atoms. The van der Waals surface area contributed by atoms with Crippen LogP contribution in [0, 0.1) is 5.92 Å². The zero-order valence-electron chi connectivity index (χ0n) is 12.8. The fourth-order valence-corrected chi connectivity index (χ4v) is 2.70. The molecule has 1 aliphatic heterocycles. The van der Waals surface area contributed by atoms with E-state index in [-0.39, 0.29) is 23.8 Å². The Balaban J connectivity index is 2.75. The van der Waals surface area contributed by atoms with Crippen LogP contribution < -0.4 is 0 Å². The molecule has 1 atom stereocenters. The Labute approximate surface area is 117 Å². The third-order valence-corrected chi connectivity index (χ3v) is 3.61. The van der Waals surface area contributed by atoms with Gasteiger partial charge in [0.05, 0.1) is 0 Å². The van der Waals surface area contributed by atoms with Gasteiger partial charge in [-0.05, 0) is 25.7 Å². The molecule has 0 spiro atoms. The number of carbonyl (C=O) groups excluding carboxylic acids is 2. The number of likely N-dealkylation sites (tertiary alicyclic amines) is 1. The molecule has 4 heteroatoms. The van der Waals surface area contributed by atoms with Crippen molar-refractivity contribution in [2.45, 2.75) is 59.4 Å². The Morgan fingerprint density at radius 2 is 1.79 bits per heavy atom. The molecular formula is C15H28N2O2. The highest BCUT2D eigenvalue weighted by Crippen LogP contribution is 2.22. The van der Waals surface area contributed by atoms with E-state index in [0.29, 0.717) is 0 Å². The van der Waals surface area contributed by atoms with Crippen LogP contribution in [0.5, 0.6) is 0 Å². The molecular weight excluding hydrogens is 240 g/mol. The molecule has 1 saturated heterocycles. The maximum absolute atomic E-state index is 12.6. The topological polar surface area (TPSA) is 40.6 Å². The van der Waals surface area contributed by atoms with Crippen LogP contribution in [0.3, 0.4) is 0 Å².